The first kappa shape index (κ1) is 17.2. The lowest BCUT2D eigenvalue weighted by atomic mass is 10.1. The van der Waals surface area contributed by atoms with E-state index in [1.54, 1.807) is 6.92 Å². The molecule has 0 fully saturated rings. The average Bonchev–Trinajstić information content (AvgIpc) is 2.29. The number of rotatable bonds is 9. The zero-order valence-corrected chi connectivity index (χ0v) is 10.6. The SMILES string of the molecule is CC#CCCC(COCC(F)(F)C(F)F)NCC. The molecule has 0 saturated carbocycles. The summed E-state index contributed by atoms with van der Waals surface area (Å²) in [5.41, 5.74) is 0. The predicted molar refractivity (Wildman–Crippen MR) is 61.9 cm³/mol. The van der Waals surface area contributed by atoms with E-state index in [9.17, 15) is 17.6 Å². The maximum absolute atomic E-state index is 12.6. The number of halogens is 4. The van der Waals surface area contributed by atoms with Gasteiger partial charge in [0.1, 0.15) is 6.61 Å². The minimum Gasteiger partial charge on any atom is -0.373 e. The molecule has 1 N–H and O–H groups in total. The molecule has 1 atom stereocenters. The van der Waals surface area contributed by atoms with Crippen LogP contribution in [0.3, 0.4) is 0 Å². The second-order valence-electron chi connectivity index (χ2n) is 3.80. The third kappa shape index (κ3) is 7.51. The summed E-state index contributed by atoms with van der Waals surface area (Å²) in [5, 5.41) is 3.03. The predicted octanol–water partition coefficient (Wildman–Crippen LogP) is 2.69. The van der Waals surface area contributed by atoms with E-state index in [0.29, 0.717) is 19.4 Å². The van der Waals surface area contributed by atoms with Crippen molar-refractivity contribution >= 4 is 0 Å². The van der Waals surface area contributed by atoms with Crippen LogP contribution in [0.5, 0.6) is 0 Å². The van der Waals surface area contributed by atoms with E-state index < -0.39 is 19.0 Å². The third-order valence-electron chi connectivity index (χ3n) is 2.22. The highest BCUT2D eigenvalue weighted by molar-refractivity contribution is 4.95. The van der Waals surface area contributed by atoms with Crippen molar-refractivity contribution in [2.45, 2.75) is 45.1 Å². The summed E-state index contributed by atoms with van der Waals surface area (Å²) in [4.78, 5) is 0. The van der Waals surface area contributed by atoms with Crippen molar-refractivity contribution in [1.29, 1.82) is 0 Å². The van der Waals surface area contributed by atoms with Crippen molar-refractivity contribution < 1.29 is 22.3 Å². The fourth-order valence-electron chi connectivity index (χ4n) is 1.30. The van der Waals surface area contributed by atoms with Gasteiger partial charge in [-0.2, -0.15) is 8.78 Å². The normalized spacial score (nSPS) is 13.3. The van der Waals surface area contributed by atoms with Crippen LogP contribution in [-0.2, 0) is 4.74 Å². The zero-order valence-electron chi connectivity index (χ0n) is 10.6. The van der Waals surface area contributed by atoms with Crippen molar-refractivity contribution in [3.8, 4) is 11.8 Å². The zero-order chi connectivity index (χ0) is 14.0. The van der Waals surface area contributed by atoms with E-state index in [2.05, 4.69) is 21.9 Å². The maximum Gasteiger partial charge on any atom is 0.330 e. The molecule has 0 saturated heterocycles. The summed E-state index contributed by atoms with van der Waals surface area (Å²) in [7, 11) is 0. The molecule has 106 valence electrons. The topological polar surface area (TPSA) is 21.3 Å². The van der Waals surface area contributed by atoms with E-state index in [1.165, 1.54) is 0 Å². The van der Waals surface area contributed by atoms with Crippen LogP contribution in [0.1, 0.15) is 26.7 Å². The second-order valence-corrected chi connectivity index (χ2v) is 3.80. The first-order valence-electron chi connectivity index (χ1n) is 5.80. The van der Waals surface area contributed by atoms with Crippen molar-refractivity contribution in [1.82, 2.24) is 5.32 Å². The van der Waals surface area contributed by atoms with Crippen molar-refractivity contribution in [2.24, 2.45) is 0 Å². The lowest BCUT2D eigenvalue weighted by molar-refractivity contribution is -0.167. The van der Waals surface area contributed by atoms with Gasteiger partial charge in [0.2, 0.25) is 0 Å². The molecule has 0 bridgehead atoms. The minimum absolute atomic E-state index is 0.0262. The number of ether oxygens (including phenoxy) is 1. The van der Waals surface area contributed by atoms with E-state index in [4.69, 9.17) is 0 Å². The lowest BCUT2D eigenvalue weighted by Crippen LogP contribution is -2.37. The molecule has 0 aliphatic rings. The highest BCUT2D eigenvalue weighted by Gasteiger charge is 2.41. The molecular formula is C12H19F4NO. The molecule has 0 aliphatic carbocycles. The van der Waals surface area contributed by atoms with Crippen molar-refractivity contribution in [3.05, 3.63) is 0 Å². The van der Waals surface area contributed by atoms with Gasteiger partial charge < -0.3 is 10.1 Å². The van der Waals surface area contributed by atoms with Crippen LogP contribution in [0, 0.1) is 11.8 Å². The second kappa shape index (κ2) is 9.17. The van der Waals surface area contributed by atoms with Gasteiger partial charge in [0.25, 0.3) is 0 Å². The van der Waals surface area contributed by atoms with Crippen LogP contribution in [0.25, 0.3) is 0 Å². The summed E-state index contributed by atoms with van der Waals surface area (Å²) in [6.07, 6.45) is -2.45. The van der Waals surface area contributed by atoms with Crippen LogP contribution < -0.4 is 5.32 Å². The molecule has 0 rings (SSSR count). The summed E-state index contributed by atoms with van der Waals surface area (Å²) in [6, 6.07) is -0.149. The van der Waals surface area contributed by atoms with Crippen molar-refractivity contribution in [2.75, 3.05) is 19.8 Å². The minimum atomic E-state index is -4.08. The fraction of sp³-hybridized carbons (Fsp3) is 0.833. The summed E-state index contributed by atoms with van der Waals surface area (Å²) < 4.78 is 53.5. The molecule has 0 aromatic carbocycles. The fourth-order valence-corrected chi connectivity index (χ4v) is 1.30. The molecule has 0 aromatic heterocycles. The molecule has 0 heterocycles. The Morgan fingerprint density at radius 1 is 1.33 bits per heavy atom. The quantitative estimate of drug-likeness (QED) is 0.513. The standard InChI is InChI=1S/C12H19F4NO/c1-3-5-6-7-10(17-4-2)8-18-9-12(15,16)11(13)14/h10-11,17H,4,6-9H2,1-2H3. The summed E-state index contributed by atoms with van der Waals surface area (Å²) in [6.45, 7) is 2.95. The molecule has 0 radical (unpaired) electrons. The Kier molecular flexibility index (Phi) is 8.77. The van der Waals surface area contributed by atoms with Gasteiger partial charge in [-0.1, -0.05) is 6.92 Å². The van der Waals surface area contributed by atoms with Gasteiger partial charge in [0, 0.05) is 12.5 Å². The number of alkyl halides is 4. The lowest BCUT2D eigenvalue weighted by Gasteiger charge is -2.20. The summed E-state index contributed by atoms with van der Waals surface area (Å²) in [5.74, 6) is 1.49. The number of hydrogen-bond acceptors (Lipinski definition) is 2. The number of nitrogens with one attached hydrogen (secondary N) is 1. The van der Waals surface area contributed by atoms with E-state index in [-0.39, 0.29) is 12.6 Å². The number of hydrogen-bond donors (Lipinski definition) is 1. The van der Waals surface area contributed by atoms with Gasteiger partial charge in [-0.15, -0.1) is 11.8 Å². The summed E-state index contributed by atoms with van der Waals surface area (Å²) >= 11 is 0. The maximum atomic E-state index is 12.6. The molecule has 1 unspecified atom stereocenters. The average molecular weight is 269 g/mol. The Labute approximate surface area is 105 Å². The molecule has 0 aliphatic heterocycles. The van der Waals surface area contributed by atoms with E-state index in [1.807, 2.05) is 6.92 Å². The molecule has 0 spiro atoms. The molecule has 2 nitrogen and oxygen atoms in total. The largest absolute Gasteiger partial charge is 0.373 e. The van der Waals surface area contributed by atoms with Crippen LogP contribution in [0.15, 0.2) is 0 Å². The van der Waals surface area contributed by atoms with Gasteiger partial charge >= 0.3 is 12.3 Å². The van der Waals surface area contributed by atoms with Crippen molar-refractivity contribution in [3.63, 3.8) is 0 Å². The highest BCUT2D eigenvalue weighted by atomic mass is 19.3. The van der Waals surface area contributed by atoms with Crippen LogP contribution in [0.4, 0.5) is 17.6 Å². The van der Waals surface area contributed by atoms with Crippen LogP contribution >= 0.6 is 0 Å². The van der Waals surface area contributed by atoms with Crippen LogP contribution in [0.2, 0.25) is 0 Å². The molecule has 0 amide bonds. The number of likely N-dealkylation sites (N-methyl/N-ethyl adjacent to an activating group) is 1. The highest BCUT2D eigenvalue weighted by Crippen LogP contribution is 2.22. The first-order valence-corrected chi connectivity index (χ1v) is 5.80. The van der Waals surface area contributed by atoms with Gasteiger partial charge in [-0.25, -0.2) is 8.78 Å². The Hall–Kier alpha value is -0.800. The molecule has 0 aromatic rings. The van der Waals surface area contributed by atoms with E-state index >= 15 is 0 Å². The monoisotopic (exact) mass is 269 g/mol. The smallest absolute Gasteiger partial charge is 0.330 e. The Bertz CT molecular complexity index is 273. The van der Waals surface area contributed by atoms with Gasteiger partial charge in [-0.3, -0.25) is 0 Å². The Balaban J connectivity index is 3.98. The first-order chi connectivity index (χ1) is 8.44. The third-order valence-corrected chi connectivity index (χ3v) is 2.22. The van der Waals surface area contributed by atoms with Gasteiger partial charge in [0.15, 0.2) is 0 Å². The van der Waals surface area contributed by atoms with Gasteiger partial charge in [-0.05, 0) is 19.9 Å². The van der Waals surface area contributed by atoms with Gasteiger partial charge in [0.05, 0.1) is 6.61 Å². The molecule has 18 heavy (non-hydrogen) atoms. The molecular weight excluding hydrogens is 250 g/mol. The Morgan fingerprint density at radius 2 is 2.00 bits per heavy atom. The van der Waals surface area contributed by atoms with Crippen LogP contribution in [-0.4, -0.2) is 38.1 Å². The van der Waals surface area contributed by atoms with E-state index in [0.717, 1.165) is 0 Å². The Morgan fingerprint density at radius 3 is 2.50 bits per heavy atom. The molecule has 6 heteroatoms.